The molecule has 0 aliphatic carbocycles. The van der Waals surface area contributed by atoms with E-state index in [2.05, 4.69) is 5.32 Å². The lowest BCUT2D eigenvalue weighted by Crippen LogP contribution is -2.38. The molecular formula is C15H22ClN3O2S. The maximum absolute atomic E-state index is 12.5. The Balaban J connectivity index is 0.00000242. The second kappa shape index (κ2) is 8.49. The van der Waals surface area contributed by atoms with E-state index >= 15 is 0 Å². The van der Waals surface area contributed by atoms with E-state index in [4.69, 9.17) is 5.26 Å². The Morgan fingerprint density at radius 2 is 1.86 bits per heavy atom. The SMILES string of the molecule is CNCCC1CCN(S(=O)(=O)c2ccc(C#N)cc2)CC1.Cl. The largest absolute Gasteiger partial charge is 0.320 e. The Morgan fingerprint density at radius 3 is 2.36 bits per heavy atom. The smallest absolute Gasteiger partial charge is 0.243 e. The Hall–Kier alpha value is -1.13. The molecule has 0 aromatic heterocycles. The van der Waals surface area contributed by atoms with Gasteiger partial charge in [0.15, 0.2) is 0 Å². The number of hydrogen-bond donors (Lipinski definition) is 1. The molecule has 1 aliphatic heterocycles. The molecule has 1 N–H and O–H groups in total. The molecule has 122 valence electrons. The molecule has 7 heteroatoms. The highest BCUT2D eigenvalue weighted by Crippen LogP contribution is 2.25. The maximum atomic E-state index is 12.5. The topological polar surface area (TPSA) is 73.2 Å². The van der Waals surface area contributed by atoms with Crippen molar-refractivity contribution in [3.05, 3.63) is 29.8 Å². The predicted molar refractivity (Wildman–Crippen MR) is 88.4 cm³/mol. The van der Waals surface area contributed by atoms with Crippen LogP contribution in [0.3, 0.4) is 0 Å². The van der Waals surface area contributed by atoms with Gasteiger partial charge in [-0.25, -0.2) is 8.42 Å². The Morgan fingerprint density at radius 1 is 1.27 bits per heavy atom. The van der Waals surface area contributed by atoms with Gasteiger partial charge in [0.25, 0.3) is 0 Å². The molecule has 1 aliphatic rings. The van der Waals surface area contributed by atoms with Crippen molar-refractivity contribution in [3.8, 4) is 6.07 Å². The van der Waals surface area contributed by atoms with Crippen LogP contribution in [0.4, 0.5) is 0 Å². The molecule has 0 amide bonds. The van der Waals surface area contributed by atoms with Crippen LogP contribution < -0.4 is 5.32 Å². The molecule has 0 unspecified atom stereocenters. The summed E-state index contributed by atoms with van der Waals surface area (Å²) in [6.45, 7) is 2.14. The van der Waals surface area contributed by atoms with E-state index in [9.17, 15) is 8.42 Å². The first-order valence-electron chi connectivity index (χ1n) is 7.23. The van der Waals surface area contributed by atoms with Gasteiger partial charge in [0.1, 0.15) is 0 Å². The molecule has 5 nitrogen and oxygen atoms in total. The minimum atomic E-state index is -3.42. The quantitative estimate of drug-likeness (QED) is 0.887. The fourth-order valence-corrected chi connectivity index (χ4v) is 4.11. The highest BCUT2D eigenvalue weighted by molar-refractivity contribution is 7.89. The molecule has 0 bridgehead atoms. The van der Waals surface area contributed by atoms with Gasteiger partial charge in [-0.1, -0.05) is 0 Å². The Labute approximate surface area is 138 Å². The van der Waals surface area contributed by atoms with E-state index in [0.29, 0.717) is 24.6 Å². The van der Waals surface area contributed by atoms with Gasteiger partial charge < -0.3 is 5.32 Å². The average Bonchev–Trinajstić information content (AvgIpc) is 2.53. The lowest BCUT2D eigenvalue weighted by Gasteiger charge is -2.31. The molecule has 1 fully saturated rings. The van der Waals surface area contributed by atoms with Crippen molar-refractivity contribution < 1.29 is 8.42 Å². The van der Waals surface area contributed by atoms with Crippen molar-refractivity contribution in [2.45, 2.75) is 24.2 Å². The van der Waals surface area contributed by atoms with Crippen LogP contribution >= 0.6 is 12.4 Å². The Kier molecular flexibility index (Phi) is 7.30. The van der Waals surface area contributed by atoms with Gasteiger partial charge in [-0.3, -0.25) is 0 Å². The molecule has 0 radical (unpaired) electrons. The number of nitrogens with one attached hydrogen (secondary N) is 1. The number of hydrogen-bond acceptors (Lipinski definition) is 4. The van der Waals surface area contributed by atoms with E-state index in [1.54, 1.807) is 16.4 Å². The third-order valence-electron chi connectivity index (χ3n) is 4.00. The van der Waals surface area contributed by atoms with Crippen LogP contribution in [0.15, 0.2) is 29.2 Å². The highest BCUT2D eigenvalue weighted by atomic mass is 35.5. The maximum Gasteiger partial charge on any atom is 0.243 e. The molecule has 22 heavy (non-hydrogen) atoms. The van der Waals surface area contributed by atoms with Gasteiger partial charge in [-0.2, -0.15) is 9.57 Å². The van der Waals surface area contributed by atoms with Crippen molar-refractivity contribution >= 4 is 22.4 Å². The van der Waals surface area contributed by atoms with E-state index in [1.807, 2.05) is 13.1 Å². The molecule has 1 heterocycles. The van der Waals surface area contributed by atoms with Crippen molar-refractivity contribution in [1.82, 2.24) is 9.62 Å². The number of sulfonamides is 1. The summed E-state index contributed by atoms with van der Waals surface area (Å²) < 4.78 is 26.6. The number of nitriles is 1. The predicted octanol–water partition coefficient (Wildman–Crippen LogP) is 1.99. The average molecular weight is 344 g/mol. The normalized spacial score (nSPS) is 16.7. The van der Waals surface area contributed by atoms with Gasteiger partial charge in [-0.05, 0) is 63.0 Å². The number of halogens is 1. The minimum absolute atomic E-state index is 0. The third kappa shape index (κ3) is 4.43. The minimum Gasteiger partial charge on any atom is -0.320 e. The summed E-state index contributed by atoms with van der Waals surface area (Å²) in [7, 11) is -1.49. The van der Waals surface area contributed by atoms with Crippen molar-refractivity contribution in [3.63, 3.8) is 0 Å². The van der Waals surface area contributed by atoms with Crippen LogP contribution in [-0.2, 0) is 10.0 Å². The molecular weight excluding hydrogens is 322 g/mol. The number of nitrogens with zero attached hydrogens (tertiary/aromatic N) is 2. The lowest BCUT2D eigenvalue weighted by molar-refractivity contribution is 0.263. The number of piperidine rings is 1. The second-order valence-corrected chi connectivity index (χ2v) is 7.31. The van der Waals surface area contributed by atoms with Gasteiger partial charge in [0.05, 0.1) is 16.5 Å². The van der Waals surface area contributed by atoms with Crippen LogP contribution in [-0.4, -0.2) is 39.4 Å². The summed E-state index contributed by atoms with van der Waals surface area (Å²) in [6, 6.07) is 8.12. The zero-order valence-electron chi connectivity index (χ0n) is 12.7. The van der Waals surface area contributed by atoms with Crippen molar-refractivity contribution in [2.24, 2.45) is 5.92 Å². The first-order valence-corrected chi connectivity index (χ1v) is 8.67. The van der Waals surface area contributed by atoms with Gasteiger partial charge in [0.2, 0.25) is 10.0 Å². The molecule has 0 atom stereocenters. The van der Waals surface area contributed by atoms with Gasteiger partial charge in [0, 0.05) is 13.1 Å². The fourth-order valence-electron chi connectivity index (χ4n) is 2.64. The first kappa shape index (κ1) is 18.9. The summed E-state index contributed by atoms with van der Waals surface area (Å²) in [5.41, 5.74) is 0.472. The van der Waals surface area contributed by atoms with Crippen molar-refractivity contribution in [2.75, 3.05) is 26.7 Å². The van der Waals surface area contributed by atoms with Crippen LogP contribution in [0.25, 0.3) is 0 Å². The zero-order valence-corrected chi connectivity index (χ0v) is 14.3. The molecule has 0 saturated carbocycles. The summed E-state index contributed by atoms with van der Waals surface area (Å²) >= 11 is 0. The summed E-state index contributed by atoms with van der Waals surface area (Å²) in [4.78, 5) is 0.273. The fraction of sp³-hybridized carbons (Fsp3) is 0.533. The molecule has 1 saturated heterocycles. The van der Waals surface area contributed by atoms with Crippen LogP contribution in [0.5, 0.6) is 0 Å². The molecule has 1 aromatic rings. The van der Waals surface area contributed by atoms with Crippen molar-refractivity contribution in [1.29, 1.82) is 5.26 Å². The zero-order chi connectivity index (χ0) is 15.3. The van der Waals surface area contributed by atoms with E-state index in [0.717, 1.165) is 25.8 Å². The lowest BCUT2D eigenvalue weighted by atomic mass is 9.95. The molecule has 1 aromatic carbocycles. The Bertz CT molecular complexity index is 603. The van der Waals surface area contributed by atoms with E-state index < -0.39 is 10.0 Å². The van der Waals surface area contributed by atoms with Gasteiger partial charge in [-0.15, -0.1) is 12.4 Å². The summed E-state index contributed by atoms with van der Waals surface area (Å²) in [5.74, 6) is 0.602. The molecule has 2 rings (SSSR count). The first-order chi connectivity index (χ1) is 10.1. The molecule has 0 spiro atoms. The monoisotopic (exact) mass is 343 g/mol. The third-order valence-corrected chi connectivity index (χ3v) is 5.91. The van der Waals surface area contributed by atoms with Crippen LogP contribution in [0.2, 0.25) is 0 Å². The van der Waals surface area contributed by atoms with E-state index in [1.165, 1.54) is 12.1 Å². The summed E-state index contributed by atoms with van der Waals surface area (Å²) in [5, 5.41) is 11.9. The summed E-state index contributed by atoms with van der Waals surface area (Å²) in [6.07, 6.45) is 2.93. The standard InChI is InChI=1S/C15H21N3O2S.ClH/c1-17-9-6-13-7-10-18(11-8-13)21(19,20)15-4-2-14(12-16)3-5-15;/h2-5,13,17H,6-11H2,1H3;1H. The highest BCUT2D eigenvalue weighted by Gasteiger charge is 2.29. The van der Waals surface area contributed by atoms with Crippen LogP contribution in [0, 0.1) is 17.2 Å². The van der Waals surface area contributed by atoms with Gasteiger partial charge >= 0.3 is 0 Å². The van der Waals surface area contributed by atoms with E-state index in [-0.39, 0.29) is 17.3 Å². The van der Waals surface area contributed by atoms with Crippen LogP contribution in [0.1, 0.15) is 24.8 Å². The number of rotatable bonds is 5. The number of benzene rings is 1. The second-order valence-electron chi connectivity index (χ2n) is 5.38.